The summed E-state index contributed by atoms with van der Waals surface area (Å²) < 4.78 is 11.9. The van der Waals surface area contributed by atoms with Gasteiger partial charge in [-0.25, -0.2) is 4.79 Å². The molecule has 0 unspecified atom stereocenters. The number of hydrogen-bond donors (Lipinski definition) is 0. The SMILES string of the molecule is CCC(C)(C)c1cccc(OC(=O)c2ccccc2Oc2cccc(C(C)(C)CC)c2)c1. The summed E-state index contributed by atoms with van der Waals surface area (Å²) in [5.41, 5.74) is 2.81. The fourth-order valence-electron chi connectivity index (χ4n) is 3.38. The summed E-state index contributed by atoms with van der Waals surface area (Å²) in [5, 5.41) is 0. The van der Waals surface area contributed by atoms with E-state index >= 15 is 0 Å². The quantitative estimate of drug-likeness (QED) is 0.268. The van der Waals surface area contributed by atoms with Gasteiger partial charge >= 0.3 is 5.97 Å². The second-order valence-corrected chi connectivity index (χ2v) is 9.52. The maximum Gasteiger partial charge on any atom is 0.347 e. The zero-order valence-electron chi connectivity index (χ0n) is 20.1. The van der Waals surface area contributed by atoms with E-state index < -0.39 is 5.97 Å². The Kier molecular flexibility index (Phi) is 7.08. The molecule has 32 heavy (non-hydrogen) atoms. The molecule has 168 valence electrons. The van der Waals surface area contributed by atoms with Crippen molar-refractivity contribution < 1.29 is 14.3 Å². The van der Waals surface area contributed by atoms with Crippen LogP contribution in [0.4, 0.5) is 0 Å². The summed E-state index contributed by atoms with van der Waals surface area (Å²) in [6, 6.07) is 23.0. The summed E-state index contributed by atoms with van der Waals surface area (Å²) in [6.07, 6.45) is 2.02. The van der Waals surface area contributed by atoms with Crippen molar-refractivity contribution >= 4 is 5.97 Å². The lowest BCUT2D eigenvalue weighted by Gasteiger charge is -2.24. The minimum Gasteiger partial charge on any atom is -0.456 e. The number of para-hydroxylation sites is 1. The molecule has 3 aromatic carbocycles. The number of esters is 1. The van der Waals surface area contributed by atoms with Crippen molar-refractivity contribution in [3.05, 3.63) is 89.5 Å². The van der Waals surface area contributed by atoms with Crippen LogP contribution in [0, 0.1) is 0 Å². The van der Waals surface area contributed by atoms with E-state index in [1.807, 2.05) is 48.5 Å². The molecule has 0 saturated heterocycles. The van der Waals surface area contributed by atoms with Crippen molar-refractivity contribution in [1.29, 1.82) is 0 Å². The van der Waals surface area contributed by atoms with Gasteiger partial charge in [0.1, 0.15) is 22.8 Å². The van der Waals surface area contributed by atoms with E-state index in [0.717, 1.165) is 18.4 Å². The van der Waals surface area contributed by atoms with Crippen molar-refractivity contribution in [1.82, 2.24) is 0 Å². The number of benzene rings is 3. The molecule has 3 aromatic rings. The fraction of sp³-hybridized carbons (Fsp3) is 0.345. The van der Waals surface area contributed by atoms with Crippen LogP contribution in [0.3, 0.4) is 0 Å². The first-order valence-electron chi connectivity index (χ1n) is 11.4. The highest BCUT2D eigenvalue weighted by atomic mass is 16.5. The normalized spacial score (nSPS) is 11.8. The summed E-state index contributed by atoms with van der Waals surface area (Å²) in [4.78, 5) is 13.0. The minimum atomic E-state index is -0.433. The van der Waals surface area contributed by atoms with Crippen molar-refractivity contribution in [2.75, 3.05) is 0 Å². The molecular formula is C29H34O3. The van der Waals surface area contributed by atoms with Gasteiger partial charge in [-0.2, -0.15) is 0 Å². The van der Waals surface area contributed by atoms with E-state index in [0.29, 0.717) is 22.8 Å². The predicted octanol–water partition coefficient (Wildman–Crippen LogP) is 8.07. The third kappa shape index (κ3) is 5.40. The van der Waals surface area contributed by atoms with Crippen LogP contribution in [0.2, 0.25) is 0 Å². The Hall–Kier alpha value is -3.07. The lowest BCUT2D eigenvalue weighted by molar-refractivity contribution is 0.0732. The number of hydrogen-bond acceptors (Lipinski definition) is 3. The van der Waals surface area contributed by atoms with Gasteiger partial charge in [-0.3, -0.25) is 0 Å². The molecule has 0 aliphatic heterocycles. The van der Waals surface area contributed by atoms with Crippen LogP contribution < -0.4 is 9.47 Å². The van der Waals surface area contributed by atoms with E-state index in [2.05, 4.69) is 53.7 Å². The molecule has 3 nitrogen and oxygen atoms in total. The average molecular weight is 431 g/mol. The highest BCUT2D eigenvalue weighted by Gasteiger charge is 2.21. The Labute approximate surface area is 192 Å². The third-order valence-corrected chi connectivity index (χ3v) is 6.54. The van der Waals surface area contributed by atoms with Crippen LogP contribution >= 0.6 is 0 Å². The molecule has 0 spiro atoms. The molecule has 0 heterocycles. The van der Waals surface area contributed by atoms with Gasteiger partial charge in [-0.1, -0.05) is 77.9 Å². The second kappa shape index (κ2) is 9.60. The standard InChI is InChI=1S/C29H34O3/c1-7-28(3,4)21-13-11-15-23(19-21)31-26-18-10-9-17-25(26)27(30)32-24-16-12-14-22(20-24)29(5,6)8-2/h9-20H,7-8H2,1-6H3. The van der Waals surface area contributed by atoms with Crippen LogP contribution in [0.1, 0.15) is 75.9 Å². The smallest absolute Gasteiger partial charge is 0.347 e. The number of carbonyl (C=O) groups is 1. The first kappa shape index (κ1) is 23.6. The van der Waals surface area contributed by atoms with Gasteiger partial charge in [-0.05, 0) is 71.2 Å². The van der Waals surface area contributed by atoms with Crippen LogP contribution in [0.25, 0.3) is 0 Å². The Morgan fingerprint density at radius 3 is 1.84 bits per heavy atom. The highest BCUT2D eigenvalue weighted by Crippen LogP contribution is 2.33. The van der Waals surface area contributed by atoms with Gasteiger partial charge in [0, 0.05) is 0 Å². The zero-order chi connectivity index (χ0) is 23.4. The number of ether oxygens (including phenoxy) is 2. The van der Waals surface area contributed by atoms with E-state index in [4.69, 9.17) is 9.47 Å². The van der Waals surface area contributed by atoms with Crippen LogP contribution in [0.15, 0.2) is 72.8 Å². The van der Waals surface area contributed by atoms with Gasteiger partial charge in [-0.15, -0.1) is 0 Å². The topological polar surface area (TPSA) is 35.5 Å². The largest absolute Gasteiger partial charge is 0.456 e. The molecule has 0 aromatic heterocycles. The number of carbonyl (C=O) groups excluding carboxylic acids is 1. The number of rotatable bonds is 8. The van der Waals surface area contributed by atoms with E-state index in [-0.39, 0.29) is 10.8 Å². The van der Waals surface area contributed by atoms with Gasteiger partial charge in [0.2, 0.25) is 0 Å². The Morgan fingerprint density at radius 1 is 0.719 bits per heavy atom. The molecule has 0 aliphatic carbocycles. The summed E-state index contributed by atoms with van der Waals surface area (Å²) in [6.45, 7) is 13.1. The predicted molar refractivity (Wildman–Crippen MR) is 131 cm³/mol. The molecule has 0 N–H and O–H groups in total. The fourth-order valence-corrected chi connectivity index (χ4v) is 3.38. The zero-order valence-corrected chi connectivity index (χ0v) is 20.1. The van der Waals surface area contributed by atoms with Crippen molar-refractivity contribution in [3.63, 3.8) is 0 Å². The molecule has 0 amide bonds. The van der Waals surface area contributed by atoms with Crippen LogP contribution in [-0.2, 0) is 10.8 Å². The lowest BCUT2D eigenvalue weighted by Crippen LogP contribution is -2.16. The van der Waals surface area contributed by atoms with Crippen LogP contribution in [-0.4, -0.2) is 5.97 Å². The average Bonchev–Trinajstić information content (AvgIpc) is 2.79. The Bertz CT molecular complexity index is 1080. The van der Waals surface area contributed by atoms with Gasteiger partial charge in [0.25, 0.3) is 0 Å². The first-order valence-corrected chi connectivity index (χ1v) is 11.4. The lowest BCUT2D eigenvalue weighted by atomic mass is 9.82. The molecule has 0 aliphatic rings. The van der Waals surface area contributed by atoms with Crippen molar-refractivity contribution in [2.45, 2.75) is 65.2 Å². The molecule has 0 atom stereocenters. The highest BCUT2D eigenvalue weighted by molar-refractivity contribution is 5.94. The summed E-state index contributed by atoms with van der Waals surface area (Å²) in [5.74, 6) is 1.29. The maximum absolute atomic E-state index is 13.0. The molecular weight excluding hydrogens is 396 g/mol. The minimum absolute atomic E-state index is 0.0146. The maximum atomic E-state index is 13.0. The van der Waals surface area contributed by atoms with Crippen molar-refractivity contribution in [3.8, 4) is 17.2 Å². The monoisotopic (exact) mass is 430 g/mol. The van der Waals surface area contributed by atoms with Gasteiger partial charge < -0.3 is 9.47 Å². The Balaban J connectivity index is 1.84. The summed E-state index contributed by atoms with van der Waals surface area (Å²) >= 11 is 0. The molecule has 0 saturated carbocycles. The van der Waals surface area contributed by atoms with E-state index in [1.165, 1.54) is 5.56 Å². The molecule has 3 rings (SSSR count). The van der Waals surface area contributed by atoms with Crippen LogP contribution in [0.5, 0.6) is 17.2 Å². The van der Waals surface area contributed by atoms with E-state index in [1.54, 1.807) is 12.1 Å². The van der Waals surface area contributed by atoms with E-state index in [9.17, 15) is 4.79 Å². The molecule has 0 bridgehead atoms. The molecule has 3 heteroatoms. The third-order valence-electron chi connectivity index (χ3n) is 6.54. The molecule has 0 fully saturated rings. The van der Waals surface area contributed by atoms with Gasteiger partial charge in [0.15, 0.2) is 0 Å². The first-order chi connectivity index (χ1) is 15.2. The van der Waals surface area contributed by atoms with Crippen molar-refractivity contribution in [2.24, 2.45) is 0 Å². The van der Waals surface area contributed by atoms with Gasteiger partial charge in [0.05, 0.1) is 0 Å². The Morgan fingerprint density at radius 2 is 1.25 bits per heavy atom. The summed E-state index contributed by atoms with van der Waals surface area (Å²) in [7, 11) is 0. The molecule has 0 radical (unpaired) electrons. The second-order valence-electron chi connectivity index (χ2n) is 9.52.